The topological polar surface area (TPSA) is 17.8 Å². The average Bonchev–Trinajstić information content (AvgIpc) is 2.58. The summed E-state index contributed by atoms with van der Waals surface area (Å²) in [6, 6.07) is 8.66. The smallest absolute Gasteiger partial charge is 0.137 e. The molecular weight excluding hydrogens is 208 g/mol. The van der Waals surface area contributed by atoms with E-state index in [1.54, 1.807) is 0 Å². The van der Waals surface area contributed by atoms with Crippen LogP contribution in [0.1, 0.15) is 36.0 Å². The van der Waals surface area contributed by atoms with E-state index in [2.05, 4.69) is 61.5 Å². The van der Waals surface area contributed by atoms with Gasteiger partial charge in [-0.15, -0.1) is 0 Å². The van der Waals surface area contributed by atoms with Gasteiger partial charge in [-0.05, 0) is 57.0 Å². The first-order chi connectivity index (χ1) is 8.11. The van der Waals surface area contributed by atoms with E-state index in [4.69, 9.17) is 0 Å². The predicted octanol–water partition coefficient (Wildman–Crippen LogP) is 3.75. The fourth-order valence-electron chi connectivity index (χ4n) is 2.30. The van der Waals surface area contributed by atoms with Gasteiger partial charge in [-0.2, -0.15) is 0 Å². The lowest BCUT2D eigenvalue weighted by Gasteiger charge is -2.11. The second-order valence-corrected chi connectivity index (χ2v) is 4.68. The SMILES string of the molecule is CCCc1cc(C)nc(-n2c(C)ccc2C)c1. The summed E-state index contributed by atoms with van der Waals surface area (Å²) >= 11 is 0. The maximum absolute atomic E-state index is 4.64. The number of hydrogen-bond acceptors (Lipinski definition) is 1. The van der Waals surface area contributed by atoms with E-state index < -0.39 is 0 Å². The van der Waals surface area contributed by atoms with Gasteiger partial charge < -0.3 is 4.57 Å². The third kappa shape index (κ3) is 2.41. The molecular formula is C15H20N2. The lowest BCUT2D eigenvalue weighted by atomic mass is 10.1. The summed E-state index contributed by atoms with van der Waals surface area (Å²) in [6.07, 6.45) is 2.29. The second kappa shape index (κ2) is 4.74. The highest BCUT2D eigenvalue weighted by Crippen LogP contribution is 2.17. The molecule has 0 aliphatic heterocycles. The number of pyridine rings is 1. The highest BCUT2D eigenvalue weighted by atomic mass is 15.1. The zero-order valence-electron chi connectivity index (χ0n) is 11.1. The molecule has 0 aliphatic rings. The first-order valence-electron chi connectivity index (χ1n) is 6.24. The Hall–Kier alpha value is -1.57. The van der Waals surface area contributed by atoms with E-state index in [1.807, 2.05) is 0 Å². The molecule has 2 nitrogen and oxygen atoms in total. The van der Waals surface area contributed by atoms with E-state index in [9.17, 15) is 0 Å². The molecule has 0 fully saturated rings. The van der Waals surface area contributed by atoms with Gasteiger partial charge in [0.2, 0.25) is 0 Å². The van der Waals surface area contributed by atoms with Crippen molar-refractivity contribution in [3.8, 4) is 5.82 Å². The van der Waals surface area contributed by atoms with Crippen molar-refractivity contribution in [2.24, 2.45) is 0 Å². The van der Waals surface area contributed by atoms with Crippen molar-refractivity contribution < 1.29 is 0 Å². The van der Waals surface area contributed by atoms with Crippen molar-refractivity contribution in [3.05, 3.63) is 46.9 Å². The molecule has 2 rings (SSSR count). The highest BCUT2D eigenvalue weighted by molar-refractivity contribution is 5.36. The van der Waals surface area contributed by atoms with Gasteiger partial charge in [0.15, 0.2) is 0 Å². The molecule has 2 aromatic heterocycles. The monoisotopic (exact) mass is 228 g/mol. The summed E-state index contributed by atoms with van der Waals surface area (Å²) in [5.74, 6) is 1.05. The largest absolute Gasteiger partial charge is 0.303 e. The first-order valence-corrected chi connectivity index (χ1v) is 6.24. The van der Waals surface area contributed by atoms with Crippen molar-refractivity contribution in [1.82, 2.24) is 9.55 Å². The van der Waals surface area contributed by atoms with Crippen LogP contribution in [0, 0.1) is 20.8 Å². The van der Waals surface area contributed by atoms with E-state index in [-0.39, 0.29) is 0 Å². The molecule has 0 spiro atoms. The van der Waals surface area contributed by atoms with Gasteiger partial charge in [0.25, 0.3) is 0 Å². The fraction of sp³-hybridized carbons (Fsp3) is 0.400. The molecule has 2 heterocycles. The molecule has 17 heavy (non-hydrogen) atoms. The van der Waals surface area contributed by atoms with Crippen LogP contribution in [0.4, 0.5) is 0 Å². The van der Waals surface area contributed by atoms with Crippen molar-refractivity contribution in [2.45, 2.75) is 40.5 Å². The maximum Gasteiger partial charge on any atom is 0.137 e. The summed E-state index contributed by atoms with van der Waals surface area (Å²) in [5, 5.41) is 0. The van der Waals surface area contributed by atoms with Gasteiger partial charge >= 0.3 is 0 Å². The number of hydrogen-bond donors (Lipinski definition) is 0. The number of rotatable bonds is 3. The third-order valence-electron chi connectivity index (χ3n) is 3.04. The normalized spacial score (nSPS) is 10.8. The van der Waals surface area contributed by atoms with Crippen molar-refractivity contribution in [1.29, 1.82) is 0 Å². The van der Waals surface area contributed by atoms with E-state index in [0.717, 1.165) is 17.9 Å². The Morgan fingerprint density at radius 2 is 1.71 bits per heavy atom. The summed E-state index contributed by atoms with van der Waals surface area (Å²) in [4.78, 5) is 4.64. The van der Waals surface area contributed by atoms with Crippen LogP contribution in [0.2, 0.25) is 0 Å². The Bertz CT molecular complexity index is 504. The Morgan fingerprint density at radius 3 is 2.29 bits per heavy atom. The highest BCUT2D eigenvalue weighted by Gasteiger charge is 2.06. The van der Waals surface area contributed by atoms with Gasteiger partial charge in [-0.3, -0.25) is 0 Å². The zero-order valence-corrected chi connectivity index (χ0v) is 11.1. The van der Waals surface area contributed by atoms with Gasteiger partial charge in [0.05, 0.1) is 0 Å². The van der Waals surface area contributed by atoms with Crippen molar-refractivity contribution in [2.75, 3.05) is 0 Å². The lowest BCUT2D eigenvalue weighted by Crippen LogP contribution is -2.04. The Labute approximate surface area is 103 Å². The molecule has 0 atom stereocenters. The van der Waals surface area contributed by atoms with Crippen molar-refractivity contribution in [3.63, 3.8) is 0 Å². The van der Waals surface area contributed by atoms with E-state index >= 15 is 0 Å². The van der Waals surface area contributed by atoms with Gasteiger partial charge in [-0.1, -0.05) is 13.3 Å². The summed E-state index contributed by atoms with van der Waals surface area (Å²) in [7, 11) is 0. The van der Waals surface area contributed by atoms with Crippen LogP contribution in [0.5, 0.6) is 0 Å². The zero-order chi connectivity index (χ0) is 12.4. The van der Waals surface area contributed by atoms with Gasteiger partial charge in [0.1, 0.15) is 5.82 Å². The second-order valence-electron chi connectivity index (χ2n) is 4.68. The summed E-state index contributed by atoms with van der Waals surface area (Å²) in [6.45, 7) is 8.52. The summed E-state index contributed by atoms with van der Waals surface area (Å²) in [5.41, 5.74) is 4.95. The molecule has 0 amide bonds. The molecule has 2 aromatic rings. The third-order valence-corrected chi connectivity index (χ3v) is 3.04. The van der Waals surface area contributed by atoms with E-state index in [0.29, 0.717) is 0 Å². The number of aromatic nitrogens is 2. The van der Waals surface area contributed by atoms with Crippen LogP contribution in [0.25, 0.3) is 5.82 Å². The minimum absolute atomic E-state index is 1.05. The Balaban J connectivity index is 2.52. The molecule has 0 radical (unpaired) electrons. The standard InChI is InChI=1S/C15H20N2/c1-5-6-14-9-11(2)16-15(10-14)17-12(3)7-8-13(17)4/h7-10H,5-6H2,1-4H3. The van der Waals surface area contributed by atoms with Crippen LogP contribution in [0.3, 0.4) is 0 Å². The quantitative estimate of drug-likeness (QED) is 0.782. The molecule has 0 aromatic carbocycles. The minimum atomic E-state index is 1.05. The molecule has 0 N–H and O–H groups in total. The first kappa shape index (κ1) is 11.9. The minimum Gasteiger partial charge on any atom is -0.303 e. The Kier molecular flexibility index (Phi) is 3.32. The number of nitrogens with zero attached hydrogens (tertiary/aromatic N) is 2. The summed E-state index contributed by atoms with van der Waals surface area (Å²) < 4.78 is 2.21. The van der Waals surface area contributed by atoms with Crippen LogP contribution >= 0.6 is 0 Å². The lowest BCUT2D eigenvalue weighted by molar-refractivity contribution is 0.878. The molecule has 0 aliphatic carbocycles. The molecule has 90 valence electrons. The predicted molar refractivity (Wildman–Crippen MR) is 71.8 cm³/mol. The molecule has 0 saturated carbocycles. The van der Waals surface area contributed by atoms with Gasteiger partial charge in [0, 0.05) is 17.1 Å². The fourth-order valence-corrected chi connectivity index (χ4v) is 2.30. The molecule has 0 unspecified atom stereocenters. The van der Waals surface area contributed by atoms with Gasteiger partial charge in [-0.25, -0.2) is 4.98 Å². The molecule has 0 saturated heterocycles. The molecule has 2 heteroatoms. The van der Waals surface area contributed by atoms with Crippen LogP contribution in [-0.2, 0) is 6.42 Å². The average molecular weight is 228 g/mol. The van der Waals surface area contributed by atoms with Crippen LogP contribution < -0.4 is 0 Å². The molecule has 0 bridgehead atoms. The van der Waals surface area contributed by atoms with E-state index in [1.165, 1.54) is 23.4 Å². The van der Waals surface area contributed by atoms with Crippen molar-refractivity contribution >= 4 is 0 Å². The van der Waals surface area contributed by atoms with Crippen LogP contribution in [0.15, 0.2) is 24.3 Å². The maximum atomic E-state index is 4.64. The number of aryl methyl sites for hydroxylation is 4. The van der Waals surface area contributed by atoms with Crippen LogP contribution in [-0.4, -0.2) is 9.55 Å². The Morgan fingerprint density at radius 1 is 1.06 bits per heavy atom.